The highest BCUT2D eigenvalue weighted by Crippen LogP contribution is 2.48. The molecule has 0 unspecified atom stereocenters. The van der Waals surface area contributed by atoms with Gasteiger partial charge in [-0.05, 0) is 113 Å². The summed E-state index contributed by atoms with van der Waals surface area (Å²) < 4.78 is 2.40. The monoisotopic (exact) mass is 671 g/mol. The first-order chi connectivity index (χ1) is 26.3. The van der Waals surface area contributed by atoms with Crippen molar-refractivity contribution in [3.05, 3.63) is 200 Å². The first-order valence-electron chi connectivity index (χ1n) is 18.4. The summed E-state index contributed by atoms with van der Waals surface area (Å²) in [4.78, 5) is 0. The summed E-state index contributed by atoms with van der Waals surface area (Å²) >= 11 is 0. The van der Waals surface area contributed by atoms with E-state index in [4.69, 9.17) is 0 Å². The second-order valence-electron chi connectivity index (χ2n) is 14.0. The van der Waals surface area contributed by atoms with Crippen molar-refractivity contribution in [1.82, 2.24) is 4.57 Å². The van der Waals surface area contributed by atoms with E-state index in [1.165, 1.54) is 98.3 Å². The zero-order chi connectivity index (χ0) is 34.9. The zero-order valence-corrected chi connectivity index (χ0v) is 29.0. The molecule has 246 valence electrons. The highest BCUT2D eigenvalue weighted by atomic mass is 15.0. The van der Waals surface area contributed by atoms with E-state index in [1.54, 1.807) is 0 Å². The molecule has 0 amide bonds. The lowest BCUT2D eigenvalue weighted by Gasteiger charge is -2.21. The topological polar surface area (TPSA) is 4.93 Å². The molecular formula is C52H33N. The molecule has 1 aromatic heterocycles. The molecule has 1 nitrogen and oxygen atoms in total. The summed E-state index contributed by atoms with van der Waals surface area (Å²) in [6.45, 7) is 0. The van der Waals surface area contributed by atoms with Gasteiger partial charge in [0, 0.05) is 16.5 Å². The van der Waals surface area contributed by atoms with Crippen LogP contribution in [0.5, 0.6) is 0 Å². The van der Waals surface area contributed by atoms with Gasteiger partial charge >= 0.3 is 0 Å². The van der Waals surface area contributed by atoms with Gasteiger partial charge in [-0.3, -0.25) is 0 Å². The Hall–Kier alpha value is -6.96. The number of fused-ring (bicyclic) bond motifs is 7. The van der Waals surface area contributed by atoms with Gasteiger partial charge in [-0.1, -0.05) is 164 Å². The molecule has 1 heterocycles. The molecule has 11 aromatic rings. The Bertz CT molecular complexity index is 3090. The van der Waals surface area contributed by atoms with E-state index < -0.39 is 0 Å². The van der Waals surface area contributed by atoms with Gasteiger partial charge in [-0.2, -0.15) is 0 Å². The molecule has 1 heteroatoms. The quantitative estimate of drug-likeness (QED) is 0.164. The molecule has 0 atom stereocenters. The molecule has 0 aliphatic carbocycles. The molecule has 0 aliphatic rings. The van der Waals surface area contributed by atoms with Crippen LogP contribution >= 0.6 is 0 Å². The first-order valence-corrected chi connectivity index (χ1v) is 18.4. The van der Waals surface area contributed by atoms with Gasteiger partial charge in [-0.15, -0.1) is 0 Å². The van der Waals surface area contributed by atoms with Crippen LogP contribution in [0.15, 0.2) is 200 Å². The molecule has 0 saturated heterocycles. The SMILES string of the molecule is c1ccc(-c2c3ccccc3c(-c3ccc4cc5ccccc5cc4c3-c3ccc(-n4c5ccccc5c5ccccc54)cc3)c3ccccc23)cc1. The Morgan fingerprint density at radius 3 is 1.34 bits per heavy atom. The minimum Gasteiger partial charge on any atom is -0.309 e. The second-order valence-corrected chi connectivity index (χ2v) is 14.0. The van der Waals surface area contributed by atoms with E-state index in [-0.39, 0.29) is 0 Å². The predicted molar refractivity (Wildman–Crippen MR) is 227 cm³/mol. The maximum Gasteiger partial charge on any atom is 0.0541 e. The average molecular weight is 672 g/mol. The van der Waals surface area contributed by atoms with Crippen molar-refractivity contribution in [3.8, 4) is 39.1 Å². The number of aromatic nitrogens is 1. The summed E-state index contributed by atoms with van der Waals surface area (Å²) in [5.74, 6) is 0. The lowest BCUT2D eigenvalue weighted by Crippen LogP contribution is -1.95. The van der Waals surface area contributed by atoms with E-state index >= 15 is 0 Å². The fraction of sp³-hybridized carbons (Fsp3) is 0. The zero-order valence-electron chi connectivity index (χ0n) is 29.0. The van der Waals surface area contributed by atoms with Crippen molar-refractivity contribution in [2.75, 3.05) is 0 Å². The fourth-order valence-corrected chi connectivity index (χ4v) is 8.85. The van der Waals surface area contributed by atoms with E-state index in [9.17, 15) is 0 Å². The van der Waals surface area contributed by atoms with Crippen molar-refractivity contribution in [2.24, 2.45) is 0 Å². The number of rotatable bonds is 4. The first kappa shape index (κ1) is 29.7. The third kappa shape index (κ3) is 4.58. The minimum absolute atomic E-state index is 1.15. The molecule has 10 aromatic carbocycles. The number of nitrogens with zero attached hydrogens (tertiary/aromatic N) is 1. The van der Waals surface area contributed by atoms with E-state index in [0.717, 1.165) is 5.69 Å². The number of hydrogen-bond acceptors (Lipinski definition) is 0. The normalized spacial score (nSPS) is 11.8. The molecular weight excluding hydrogens is 639 g/mol. The van der Waals surface area contributed by atoms with Gasteiger partial charge in [0.25, 0.3) is 0 Å². The van der Waals surface area contributed by atoms with E-state index in [2.05, 4.69) is 205 Å². The Kier molecular flexibility index (Phi) is 6.62. The lowest BCUT2D eigenvalue weighted by atomic mass is 9.82. The molecule has 0 aliphatic heterocycles. The summed E-state index contributed by atoms with van der Waals surface area (Å²) in [5.41, 5.74) is 11.1. The Labute approximate surface area is 307 Å². The van der Waals surface area contributed by atoms with Crippen molar-refractivity contribution in [1.29, 1.82) is 0 Å². The smallest absolute Gasteiger partial charge is 0.0541 e. The standard InChI is InChI=1S/C52H33N/c1-2-14-34(15-3-1)50-42-20-6-8-22-44(42)52(45-23-9-7-21-43(45)50)46-31-28-38-32-36-16-4-5-17-37(36)33-47(38)51(46)35-26-29-39(30-27-35)53-48-24-12-10-18-40(48)41-19-11-13-25-49(41)53/h1-33H. The van der Waals surface area contributed by atoms with Crippen LogP contribution in [-0.2, 0) is 0 Å². The van der Waals surface area contributed by atoms with Crippen molar-refractivity contribution < 1.29 is 0 Å². The molecule has 53 heavy (non-hydrogen) atoms. The maximum atomic E-state index is 2.40. The molecule has 0 N–H and O–H groups in total. The van der Waals surface area contributed by atoms with Crippen LogP contribution in [0.4, 0.5) is 0 Å². The number of benzene rings is 10. The van der Waals surface area contributed by atoms with Gasteiger partial charge < -0.3 is 4.57 Å². The average Bonchev–Trinajstić information content (AvgIpc) is 3.56. The number of hydrogen-bond donors (Lipinski definition) is 0. The number of para-hydroxylation sites is 2. The van der Waals surface area contributed by atoms with E-state index in [1.807, 2.05) is 0 Å². The van der Waals surface area contributed by atoms with Crippen LogP contribution < -0.4 is 0 Å². The lowest BCUT2D eigenvalue weighted by molar-refractivity contribution is 1.18. The molecule has 0 fully saturated rings. The minimum atomic E-state index is 1.15. The third-order valence-corrected chi connectivity index (χ3v) is 11.1. The highest BCUT2D eigenvalue weighted by Gasteiger charge is 2.21. The van der Waals surface area contributed by atoms with Gasteiger partial charge in [0.2, 0.25) is 0 Å². The molecule has 0 saturated carbocycles. The fourth-order valence-electron chi connectivity index (χ4n) is 8.85. The molecule has 0 bridgehead atoms. The molecule has 0 spiro atoms. The van der Waals surface area contributed by atoms with Crippen molar-refractivity contribution in [2.45, 2.75) is 0 Å². The summed E-state index contributed by atoms with van der Waals surface area (Å²) in [5, 5.41) is 12.6. The maximum absolute atomic E-state index is 2.40. The van der Waals surface area contributed by atoms with Crippen LogP contribution in [0, 0.1) is 0 Å². The summed E-state index contributed by atoms with van der Waals surface area (Å²) in [6.07, 6.45) is 0. The van der Waals surface area contributed by atoms with Crippen LogP contribution in [0.1, 0.15) is 0 Å². The van der Waals surface area contributed by atoms with Crippen LogP contribution in [-0.4, -0.2) is 4.57 Å². The van der Waals surface area contributed by atoms with Gasteiger partial charge in [0.1, 0.15) is 0 Å². The van der Waals surface area contributed by atoms with Crippen molar-refractivity contribution >= 4 is 64.9 Å². The van der Waals surface area contributed by atoms with E-state index in [0.29, 0.717) is 0 Å². The predicted octanol–water partition coefficient (Wildman–Crippen LogP) is 14.4. The summed E-state index contributed by atoms with van der Waals surface area (Å²) in [6, 6.07) is 73.6. The second kappa shape index (κ2) is 11.8. The van der Waals surface area contributed by atoms with Gasteiger partial charge in [0.05, 0.1) is 11.0 Å². The molecule has 11 rings (SSSR count). The van der Waals surface area contributed by atoms with Gasteiger partial charge in [-0.25, -0.2) is 0 Å². The Morgan fingerprint density at radius 2 is 0.736 bits per heavy atom. The van der Waals surface area contributed by atoms with Crippen LogP contribution in [0.3, 0.4) is 0 Å². The highest BCUT2D eigenvalue weighted by molar-refractivity contribution is 6.24. The largest absolute Gasteiger partial charge is 0.309 e. The van der Waals surface area contributed by atoms with Crippen molar-refractivity contribution in [3.63, 3.8) is 0 Å². The molecule has 0 radical (unpaired) electrons. The summed E-state index contributed by atoms with van der Waals surface area (Å²) in [7, 11) is 0. The Morgan fingerprint density at radius 1 is 0.264 bits per heavy atom. The van der Waals surface area contributed by atoms with Gasteiger partial charge in [0.15, 0.2) is 0 Å². The van der Waals surface area contributed by atoms with Crippen LogP contribution in [0.25, 0.3) is 104 Å². The Balaban J connectivity index is 1.22. The van der Waals surface area contributed by atoms with Crippen LogP contribution in [0.2, 0.25) is 0 Å². The third-order valence-electron chi connectivity index (χ3n) is 11.1.